The van der Waals surface area contributed by atoms with Gasteiger partial charge in [0.15, 0.2) is 0 Å². The van der Waals surface area contributed by atoms with Gasteiger partial charge in [0, 0.05) is 21.2 Å². The fraction of sp³-hybridized carbons (Fsp3) is 0.250. The molecule has 1 aliphatic heterocycles. The summed E-state index contributed by atoms with van der Waals surface area (Å²) in [5, 5.41) is 12.3. The van der Waals surface area contributed by atoms with E-state index in [0.29, 0.717) is 6.42 Å². The minimum Gasteiger partial charge on any atom is -0.480 e. The standard InChI is InChI=1S/C24H22N2O2S/c27-24(28)20-10-5-6-14-26(20)23(22-15-16-7-1-4-11-21(16)29-22)18-12-13-25-19-9-3-2-8-17(18)19/h1-4,7-9,11-13,15,20,23H,5-6,10,14H2,(H,27,28). The molecular weight excluding hydrogens is 380 g/mol. The van der Waals surface area contributed by atoms with Crippen LogP contribution in [0.25, 0.3) is 21.0 Å². The van der Waals surface area contributed by atoms with Crippen molar-refractivity contribution >= 4 is 38.3 Å². The maximum absolute atomic E-state index is 12.1. The highest BCUT2D eigenvalue weighted by Gasteiger charge is 2.36. The third-order valence-corrected chi connectivity index (χ3v) is 7.02. The number of rotatable bonds is 4. The fourth-order valence-electron chi connectivity index (χ4n) is 4.52. The Morgan fingerprint density at radius 3 is 2.79 bits per heavy atom. The number of hydrogen-bond acceptors (Lipinski definition) is 4. The Labute approximate surface area is 173 Å². The van der Waals surface area contributed by atoms with E-state index >= 15 is 0 Å². The monoisotopic (exact) mass is 402 g/mol. The number of carboxylic acids is 1. The number of nitrogens with zero attached hydrogens (tertiary/aromatic N) is 2. The summed E-state index contributed by atoms with van der Waals surface area (Å²) >= 11 is 1.76. The van der Waals surface area contributed by atoms with Gasteiger partial charge in [-0.25, -0.2) is 0 Å². The van der Waals surface area contributed by atoms with Crippen molar-refractivity contribution in [1.29, 1.82) is 0 Å². The second kappa shape index (κ2) is 7.58. The van der Waals surface area contributed by atoms with E-state index in [0.717, 1.165) is 35.9 Å². The molecule has 29 heavy (non-hydrogen) atoms. The first-order valence-electron chi connectivity index (χ1n) is 10.0. The topological polar surface area (TPSA) is 53.4 Å². The number of likely N-dealkylation sites (tertiary alicyclic amines) is 1. The van der Waals surface area contributed by atoms with Gasteiger partial charge in [0.05, 0.1) is 11.6 Å². The molecule has 2 aromatic carbocycles. The molecule has 0 spiro atoms. The first-order valence-corrected chi connectivity index (χ1v) is 10.8. The number of benzene rings is 2. The van der Waals surface area contributed by atoms with Crippen LogP contribution in [0.4, 0.5) is 0 Å². The zero-order chi connectivity index (χ0) is 19.8. The molecular formula is C24H22N2O2S. The van der Waals surface area contributed by atoms with Gasteiger partial charge in [0.1, 0.15) is 6.04 Å². The van der Waals surface area contributed by atoms with E-state index in [1.807, 2.05) is 24.4 Å². The third kappa shape index (κ3) is 3.30. The molecule has 0 aliphatic carbocycles. The van der Waals surface area contributed by atoms with E-state index in [1.54, 1.807) is 11.3 Å². The number of pyridine rings is 1. The van der Waals surface area contributed by atoms with Crippen molar-refractivity contribution in [3.05, 3.63) is 77.3 Å². The van der Waals surface area contributed by atoms with E-state index in [2.05, 4.69) is 52.3 Å². The Hall–Kier alpha value is -2.76. The molecule has 0 bridgehead atoms. The van der Waals surface area contributed by atoms with Crippen molar-refractivity contribution in [2.45, 2.75) is 31.3 Å². The molecule has 0 saturated carbocycles. The molecule has 4 aromatic rings. The fourth-order valence-corrected chi connectivity index (χ4v) is 5.72. The second-order valence-corrected chi connectivity index (χ2v) is 8.71. The van der Waals surface area contributed by atoms with Crippen molar-refractivity contribution < 1.29 is 9.90 Å². The Morgan fingerprint density at radius 1 is 1.10 bits per heavy atom. The quantitative estimate of drug-likeness (QED) is 0.491. The molecule has 3 heterocycles. The number of para-hydroxylation sites is 1. The van der Waals surface area contributed by atoms with E-state index in [4.69, 9.17) is 0 Å². The average molecular weight is 403 g/mol. The molecule has 1 N–H and O–H groups in total. The van der Waals surface area contributed by atoms with E-state index in [1.165, 1.54) is 15.0 Å². The van der Waals surface area contributed by atoms with Gasteiger partial charge in [-0.1, -0.05) is 42.8 Å². The van der Waals surface area contributed by atoms with Crippen LogP contribution in [-0.4, -0.2) is 33.5 Å². The summed E-state index contributed by atoms with van der Waals surface area (Å²) in [7, 11) is 0. The van der Waals surface area contributed by atoms with Crippen LogP contribution in [0.1, 0.15) is 35.7 Å². The van der Waals surface area contributed by atoms with Crippen LogP contribution in [0.3, 0.4) is 0 Å². The van der Waals surface area contributed by atoms with Crippen LogP contribution in [0.2, 0.25) is 0 Å². The third-order valence-electron chi connectivity index (χ3n) is 5.85. The van der Waals surface area contributed by atoms with Gasteiger partial charge in [-0.15, -0.1) is 11.3 Å². The largest absolute Gasteiger partial charge is 0.480 e. The summed E-state index contributed by atoms with van der Waals surface area (Å²) in [4.78, 5) is 20.0. The molecule has 2 unspecified atom stereocenters. The minimum absolute atomic E-state index is 0.0956. The molecule has 5 rings (SSSR count). The van der Waals surface area contributed by atoms with Gasteiger partial charge in [0.25, 0.3) is 0 Å². The first-order chi connectivity index (χ1) is 14.2. The van der Waals surface area contributed by atoms with Crippen LogP contribution in [0.15, 0.2) is 66.9 Å². The highest BCUT2D eigenvalue weighted by Crippen LogP contribution is 2.41. The molecule has 2 atom stereocenters. The van der Waals surface area contributed by atoms with Crippen LogP contribution < -0.4 is 0 Å². The average Bonchev–Trinajstić information content (AvgIpc) is 3.18. The second-order valence-electron chi connectivity index (χ2n) is 7.59. The number of aliphatic carboxylic acids is 1. The number of hydrogen-bond donors (Lipinski definition) is 1. The highest BCUT2D eigenvalue weighted by atomic mass is 32.1. The van der Waals surface area contributed by atoms with Gasteiger partial charge in [0.2, 0.25) is 0 Å². The first kappa shape index (κ1) is 18.3. The van der Waals surface area contributed by atoms with E-state index < -0.39 is 12.0 Å². The molecule has 146 valence electrons. The number of aromatic nitrogens is 1. The van der Waals surface area contributed by atoms with Crippen molar-refractivity contribution in [1.82, 2.24) is 9.88 Å². The van der Waals surface area contributed by atoms with Crippen LogP contribution in [-0.2, 0) is 4.79 Å². The summed E-state index contributed by atoms with van der Waals surface area (Å²) in [6, 6.07) is 20.2. The highest BCUT2D eigenvalue weighted by molar-refractivity contribution is 7.19. The molecule has 1 fully saturated rings. The lowest BCUT2D eigenvalue weighted by Gasteiger charge is -2.39. The molecule has 1 saturated heterocycles. The minimum atomic E-state index is -0.728. The van der Waals surface area contributed by atoms with Gasteiger partial charge >= 0.3 is 5.97 Å². The van der Waals surface area contributed by atoms with E-state index in [-0.39, 0.29) is 6.04 Å². The summed E-state index contributed by atoms with van der Waals surface area (Å²) in [6.45, 7) is 0.784. The molecule has 2 aromatic heterocycles. The van der Waals surface area contributed by atoms with Crippen LogP contribution in [0, 0.1) is 0 Å². The summed E-state index contributed by atoms with van der Waals surface area (Å²) < 4.78 is 1.23. The lowest BCUT2D eigenvalue weighted by atomic mass is 9.93. The van der Waals surface area contributed by atoms with Gasteiger partial charge in [-0.2, -0.15) is 0 Å². The van der Waals surface area contributed by atoms with Crippen molar-refractivity contribution in [2.75, 3.05) is 6.54 Å². The number of carbonyl (C=O) groups is 1. The summed E-state index contributed by atoms with van der Waals surface area (Å²) in [5.41, 5.74) is 2.08. The number of carboxylic acid groups (broad SMARTS) is 1. The Kier molecular flexibility index (Phi) is 4.78. The van der Waals surface area contributed by atoms with Crippen LogP contribution >= 0.6 is 11.3 Å². The molecule has 5 heteroatoms. The molecule has 4 nitrogen and oxygen atoms in total. The zero-order valence-corrected chi connectivity index (χ0v) is 16.8. The lowest BCUT2D eigenvalue weighted by molar-refractivity contribution is -0.145. The number of fused-ring (bicyclic) bond motifs is 2. The predicted octanol–water partition coefficient (Wildman–Crippen LogP) is 5.48. The smallest absolute Gasteiger partial charge is 0.320 e. The molecule has 1 aliphatic rings. The number of thiophene rings is 1. The zero-order valence-electron chi connectivity index (χ0n) is 16.0. The van der Waals surface area contributed by atoms with Crippen molar-refractivity contribution in [3.63, 3.8) is 0 Å². The van der Waals surface area contributed by atoms with E-state index in [9.17, 15) is 9.90 Å². The number of piperidine rings is 1. The van der Waals surface area contributed by atoms with Gasteiger partial charge in [-0.3, -0.25) is 14.7 Å². The maximum Gasteiger partial charge on any atom is 0.320 e. The van der Waals surface area contributed by atoms with Gasteiger partial charge in [-0.05, 0) is 54.6 Å². The Balaban J connectivity index is 1.73. The summed E-state index contributed by atoms with van der Waals surface area (Å²) in [6.07, 6.45) is 4.52. The normalized spacial score (nSPS) is 18.8. The predicted molar refractivity (Wildman–Crippen MR) is 117 cm³/mol. The molecule has 0 radical (unpaired) electrons. The molecule has 0 amide bonds. The Bertz CT molecular complexity index is 1150. The SMILES string of the molecule is O=C(O)C1CCCCN1C(c1cc2ccccc2s1)c1ccnc2ccccc12. The van der Waals surface area contributed by atoms with Crippen LogP contribution in [0.5, 0.6) is 0 Å². The van der Waals surface area contributed by atoms with Gasteiger partial charge < -0.3 is 5.11 Å². The maximum atomic E-state index is 12.1. The van der Waals surface area contributed by atoms with Crippen molar-refractivity contribution in [2.24, 2.45) is 0 Å². The summed E-state index contributed by atoms with van der Waals surface area (Å²) in [5.74, 6) is -0.728. The van der Waals surface area contributed by atoms with Crippen molar-refractivity contribution in [3.8, 4) is 0 Å². The lowest BCUT2D eigenvalue weighted by Crippen LogP contribution is -2.46. The Morgan fingerprint density at radius 2 is 1.93 bits per heavy atom.